The third-order valence-electron chi connectivity index (χ3n) is 4.50. The maximum atomic E-state index is 12.4. The van der Waals surface area contributed by atoms with Gasteiger partial charge in [-0.25, -0.2) is 13.4 Å². The smallest absolute Gasteiger partial charge is 0.264 e. The van der Waals surface area contributed by atoms with Gasteiger partial charge in [0.15, 0.2) is 11.7 Å². The van der Waals surface area contributed by atoms with Crippen LogP contribution < -0.4 is 10.1 Å². The van der Waals surface area contributed by atoms with Gasteiger partial charge in [0.25, 0.3) is 5.91 Å². The molecule has 0 spiro atoms. The fourth-order valence-corrected chi connectivity index (χ4v) is 6.30. The van der Waals surface area contributed by atoms with E-state index >= 15 is 0 Å². The summed E-state index contributed by atoms with van der Waals surface area (Å²) in [5.74, 6) is -0.0138. The Kier molecular flexibility index (Phi) is 5.54. The van der Waals surface area contributed by atoms with Crippen LogP contribution in [0.5, 0.6) is 5.75 Å². The van der Waals surface area contributed by atoms with Crippen molar-refractivity contribution in [3.63, 3.8) is 0 Å². The Morgan fingerprint density at radius 1 is 1.36 bits per heavy atom. The molecule has 0 atom stereocenters. The first-order valence-corrected chi connectivity index (χ1v) is 11.8. The number of thiazole rings is 1. The van der Waals surface area contributed by atoms with E-state index in [0.717, 1.165) is 23.4 Å². The molecule has 2 aliphatic rings. The highest BCUT2D eigenvalue weighted by Gasteiger charge is 2.41. The van der Waals surface area contributed by atoms with Gasteiger partial charge in [-0.1, -0.05) is 23.2 Å². The molecule has 0 unspecified atom stereocenters. The van der Waals surface area contributed by atoms with Crippen molar-refractivity contribution in [2.45, 2.75) is 31.1 Å². The van der Waals surface area contributed by atoms with Gasteiger partial charge in [0, 0.05) is 29.4 Å². The topological polar surface area (TPSA) is 88.6 Å². The van der Waals surface area contributed by atoms with E-state index in [0.29, 0.717) is 40.4 Å². The molecule has 0 saturated heterocycles. The van der Waals surface area contributed by atoms with Gasteiger partial charge in [0.05, 0.1) is 16.0 Å². The third-order valence-corrected chi connectivity index (χ3v) is 8.37. The highest BCUT2D eigenvalue weighted by molar-refractivity contribution is 7.90. The fraction of sp³-hybridized carbons (Fsp3) is 0.412. The standard InChI is InChI=1S/C17H17Cl2N3O4S2/c18-10-1-4-14(12(19)7-10)26-9-16(23)21-17-20-13-5-6-22(8-15(13)27-17)28(24,25)11-2-3-11/h1,4,7,11H,2-3,5-6,8-9H2,(H,20,21,23). The molecule has 1 aromatic heterocycles. The summed E-state index contributed by atoms with van der Waals surface area (Å²) in [7, 11) is -3.21. The minimum Gasteiger partial charge on any atom is -0.482 e. The SMILES string of the molecule is O=C(COc1ccc(Cl)cc1Cl)Nc1nc2c(s1)CN(S(=O)(=O)C1CC1)CC2. The molecule has 1 N–H and O–H groups in total. The number of anilines is 1. The molecule has 0 bridgehead atoms. The molecule has 1 saturated carbocycles. The number of aromatic nitrogens is 1. The summed E-state index contributed by atoms with van der Waals surface area (Å²) in [5.41, 5.74) is 0.837. The van der Waals surface area contributed by atoms with Gasteiger partial charge in [0.2, 0.25) is 10.0 Å². The van der Waals surface area contributed by atoms with Crippen molar-refractivity contribution >= 4 is 55.6 Å². The number of nitrogens with zero attached hydrogens (tertiary/aromatic N) is 2. The van der Waals surface area contributed by atoms with Crippen LogP contribution >= 0.6 is 34.5 Å². The first-order valence-electron chi connectivity index (χ1n) is 8.68. The number of rotatable bonds is 6. The Balaban J connectivity index is 1.36. The number of ether oxygens (including phenoxy) is 1. The van der Waals surface area contributed by atoms with E-state index in [1.165, 1.54) is 21.7 Å². The minimum absolute atomic E-state index is 0.224. The second kappa shape index (κ2) is 7.79. The zero-order valence-corrected chi connectivity index (χ0v) is 17.8. The van der Waals surface area contributed by atoms with Crippen LogP contribution in [0, 0.1) is 0 Å². The molecule has 1 fully saturated rings. The largest absolute Gasteiger partial charge is 0.482 e. The zero-order chi connectivity index (χ0) is 19.9. The van der Waals surface area contributed by atoms with Crippen LogP contribution in [-0.4, -0.2) is 42.0 Å². The summed E-state index contributed by atoms with van der Waals surface area (Å²) in [5, 5.41) is 3.71. The predicted molar refractivity (Wildman–Crippen MR) is 109 cm³/mol. The van der Waals surface area contributed by atoms with Crippen LogP contribution in [0.2, 0.25) is 10.0 Å². The Morgan fingerprint density at radius 3 is 2.86 bits per heavy atom. The lowest BCUT2D eigenvalue weighted by Crippen LogP contribution is -2.37. The summed E-state index contributed by atoms with van der Waals surface area (Å²) in [6.07, 6.45) is 2.03. The van der Waals surface area contributed by atoms with Gasteiger partial charge in [0.1, 0.15) is 5.75 Å². The molecule has 1 aliphatic carbocycles. The van der Waals surface area contributed by atoms with Crippen LogP contribution in [0.1, 0.15) is 23.4 Å². The summed E-state index contributed by atoms with van der Waals surface area (Å²) >= 11 is 13.1. The first-order chi connectivity index (χ1) is 13.3. The van der Waals surface area contributed by atoms with Crippen LogP contribution in [0.15, 0.2) is 18.2 Å². The maximum absolute atomic E-state index is 12.4. The van der Waals surface area contributed by atoms with Crippen molar-refractivity contribution < 1.29 is 17.9 Å². The van der Waals surface area contributed by atoms with E-state index in [1.807, 2.05) is 0 Å². The summed E-state index contributed by atoms with van der Waals surface area (Å²) in [6.45, 7) is 0.521. The number of amides is 1. The van der Waals surface area contributed by atoms with E-state index < -0.39 is 10.0 Å². The van der Waals surface area contributed by atoms with E-state index in [2.05, 4.69) is 10.3 Å². The molecule has 2 aromatic rings. The average molecular weight is 462 g/mol. The second-order valence-electron chi connectivity index (χ2n) is 6.63. The quantitative estimate of drug-likeness (QED) is 0.712. The molecule has 11 heteroatoms. The lowest BCUT2D eigenvalue weighted by atomic mass is 10.2. The van der Waals surface area contributed by atoms with Crippen molar-refractivity contribution in [3.05, 3.63) is 38.8 Å². The number of halogens is 2. The van der Waals surface area contributed by atoms with E-state index in [-0.39, 0.29) is 17.8 Å². The van der Waals surface area contributed by atoms with Crippen molar-refractivity contribution in [2.24, 2.45) is 0 Å². The number of nitrogens with one attached hydrogen (secondary N) is 1. The molecule has 1 aliphatic heterocycles. The highest BCUT2D eigenvalue weighted by Crippen LogP contribution is 2.35. The lowest BCUT2D eigenvalue weighted by Gasteiger charge is -2.25. The van der Waals surface area contributed by atoms with Crippen molar-refractivity contribution in [1.82, 2.24) is 9.29 Å². The predicted octanol–water partition coefficient (Wildman–Crippen LogP) is 3.32. The molecule has 7 nitrogen and oxygen atoms in total. The minimum atomic E-state index is -3.21. The Labute approximate surface area is 176 Å². The summed E-state index contributed by atoms with van der Waals surface area (Å²) in [6, 6.07) is 4.75. The maximum Gasteiger partial charge on any atom is 0.264 e. The monoisotopic (exact) mass is 461 g/mol. The summed E-state index contributed by atoms with van der Waals surface area (Å²) < 4.78 is 31.8. The molecule has 2 heterocycles. The Hall–Kier alpha value is -1.39. The van der Waals surface area contributed by atoms with Crippen LogP contribution in [0.3, 0.4) is 0 Å². The van der Waals surface area contributed by atoms with Gasteiger partial charge in [-0.15, -0.1) is 11.3 Å². The van der Waals surface area contributed by atoms with Crippen LogP contribution in [0.25, 0.3) is 0 Å². The number of carbonyl (C=O) groups excluding carboxylic acids is 1. The van der Waals surface area contributed by atoms with Crippen molar-refractivity contribution in [3.8, 4) is 5.75 Å². The number of hydrogen-bond donors (Lipinski definition) is 1. The molecular weight excluding hydrogens is 445 g/mol. The van der Waals surface area contributed by atoms with Crippen molar-refractivity contribution in [1.29, 1.82) is 0 Å². The van der Waals surface area contributed by atoms with Gasteiger partial charge >= 0.3 is 0 Å². The number of carbonyl (C=O) groups is 1. The van der Waals surface area contributed by atoms with Gasteiger partial charge < -0.3 is 4.74 Å². The van der Waals surface area contributed by atoms with Crippen LogP contribution in [-0.2, 0) is 27.8 Å². The normalized spacial score (nSPS) is 17.2. The molecule has 1 amide bonds. The van der Waals surface area contributed by atoms with E-state index in [9.17, 15) is 13.2 Å². The fourth-order valence-electron chi connectivity index (χ4n) is 2.91. The van der Waals surface area contributed by atoms with Gasteiger partial charge in [-0.05, 0) is 31.0 Å². The molecular formula is C17H17Cl2N3O4S2. The number of hydrogen-bond acceptors (Lipinski definition) is 6. The number of sulfonamides is 1. The molecule has 150 valence electrons. The lowest BCUT2D eigenvalue weighted by molar-refractivity contribution is -0.118. The van der Waals surface area contributed by atoms with Crippen molar-refractivity contribution in [2.75, 3.05) is 18.5 Å². The first kappa shape index (κ1) is 19.9. The second-order valence-corrected chi connectivity index (χ2v) is 10.8. The molecule has 0 radical (unpaired) electrons. The van der Waals surface area contributed by atoms with E-state index in [1.54, 1.807) is 12.1 Å². The van der Waals surface area contributed by atoms with Gasteiger partial charge in [-0.3, -0.25) is 10.1 Å². The highest BCUT2D eigenvalue weighted by atomic mass is 35.5. The Bertz CT molecular complexity index is 1020. The molecule has 1 aromatic carbocycles. The van der Waals surface area contributed by atoms with E-state index in [4.69, 9.17) is 27.9 Å². The number of benzene rings is 1. The number of fused-ring (bicyclic) bond motifs is 1. The molecule has 4 rings (SSSR count). The zero-order valence-electron chi connectivity index (χ0n) is 14.7. The third kappa shape index (κ3) is 4.28. The average Bonchev–Trinajstić information content (AvgIpc) is 3.42. The van der Waals surface area contributed by atoms with Gasteiger partial charge in [-0.2, -0.15) is 4.31 Å². The Morgan fingerprint density at radius 2 is 2.14 bits per heavy atom. The summed E-state index contributed by atoms with van der Waals surface area (Å²) in [4.78, 5) is 17.4. The van der Waals surface area contributed by atoms with Crippen LogP contribution in [0.4, 0.5) is 5.13 Å². The molecule has 28 heavy (non-hydrogen) atoms.